The fraction of sp³-hybridized carbons (Fsp3) is 0.857. The van der Waals surface area contributed by atoms with Crippen LogP contribution in [0.4, 0.5) is 0 Å². The molecular weight excluding hydrogens is 242 g/mol. The van der Waals surface area contributed by atoms with E-state index in [4.69, 9.17) is 0 Å². The third-order valence-electron chi connectivity index (χ3n) is 3.51. The SMILES string of the molecule is CC(C)C(=O)NCCNC(=O)CCC1CCNCC1. The van der Waals surface area contributed by atoms with Gasteiger partial charge < -0.3 is 16.0 Å². The molecule has 0 spiro atoms. The summed E-state index contributed by atoms with van der Waals surface area (Å²) in [6.45, 7) is 6.89. The molecule has 0 radical (unpaired) electrons. The molecule has 0 aromatic heterocycles. The monoisotopic (exact) mass is 269 g/mol. The summed E-state index contributed by atoms with van der Waals surface area (Å²) in [6.07, 6.45) is 3.93. The second-order valence-corrected chi connectivity index (χ2v) is 5.53. The third kappa shape index (κ3) is 7.15. The highest BCUT2D eigenvalue weighted by molar-refractivity contribution is 5.78. The maximum atomic E-state index is 11.6. The average molecular weight is 269 g/mol. The number of rotatable bonds is 7. The van der Waals surface area contributed by atoms with Crippen molar-refractivity contribution in [3.05, 3.63) is 0 Å². The Morgan fingerprint density at radius 2 is 1.79 bits per heavy atom. The maximum absolute atomic E-state index is 11.6. The van der Waals surface area contributed by atoms with Crippen molar-refractivity contribution in [2.24, 2.45) is 11.8 Å². The molecule has 1 fully saturated rings. The molecule has 0 aromatic carbocycles. The van der Waals surface area contributed by atoms with E-state index in [2.05, 4.69) is 16.0 Å². The topological polar surface area (TPSA) is 70.2 Å². The molecule has 2 amide bonds. The molecule has 1 aliphatic rings. The molecule has 1 rings (SSSR count). The Kier molecular flexibility index (Phi) is 7.48. The smallest absolute Gasteiger partial charge is 0.222 e. The normalized spacial score (nSPS) is 16.4. The summed E-state index contributed by atoms with van der Waals surface area (Å²) < 4.78 is 0. The Morgan fingerprint density at radius 1 is 1.16 bits per heavy atom. The van der Waals surface area contributed by atoms with Gasteiger partial charge in [0.1, 0.15) is 0 Å². The fourth-order valence-corrected chi connectivity index (χ4v) is 2.19. The van der Waals surface area contributed by atoms with Gasteiger partial charge in [-0.05, 0) is 38.3 Å². The molecule has 1 heterocycles. The van der Waals surface area contributed by atoms with Gasteiger partial charge in [-0.1, -0.05) is 13.8 Å². The molecule has 0 saturated carbocycles. The molecule has 0 aliphatic carbocycles. The van der Waals surface area contributed by atoms with Crippen LogP contribution in [0.5, 0.6) is 0 Å². The molecule has 1 saturated heterocycles. The lowest BCUT2D eigenvalue weighted by atomic mass is 9.93. The molecule has 1 aliphatic heterocycles. The van der Waals surface area contributed by atoms with E-state index in [0.29, 0.717) is 25.4 Å². The summed E-state index contributed by atoms with van der Waals surface area (Å²) >= 11 is 0. The van der Waals surface area contributed by atoms with Crippen molar-refractivity contribution in [2.45, 2.75) is 39.5 Å². The lowest BCUT2D eigenvalue weighted by Gasteiger charge is -2.22. The lowest BCUT2D eigenvalue weighted by Crippen LogP contribution is -2.36. The van der Waals surface area contributed by atoms with E-state index in [-0.39, 0.29) is 17.7 Å². The van der Waals surface area contributed by atoms with E-state index in [1.165, 1.54) is 12.8 Å². The van der Waals surface area contributed by atoms with Crippen molar-refractivity contribution >= 4 is 11.8 Å². The highest BCUT2D eigenvalue weighted by Gasteiger charge is 2.14. The van der Waals surface area contributed by atoms with E-state index in [0.717, 1.165) is 19.5 Å². The van der Waals surface area contributed by atoms with Crippen molar-refractivity contribution in [2.75, 3.05) is 26.2 Å². The molecular formula is C14H27N3O2. The van der Waals surface area contributed by atoms with Gasteiger partial charge in [-0.2, -0.15) is 0 Å². The molecule has 0 unspecified atom stereocenters. The number of carbonyl (C=O) groups excluding carboxylic acids is 2. The summed E-state index contributed by atoms with van der Waals surface area (Å²) in [4.78, 5) is 22.9. The van der Waals surface area contributed by atoms with Gasteiger partial charge in [0.05, 0.1) is 0 Å². The number of hydrogen-bond acceptors (Lipinski definition) is 3. The molecule has 5 nitrogen and oxygen atoms in total. The lowest BCUT2D eigenvalue weighted by molar-refractivity contribution is -0.124. The first-order valence-corrected chi connectivity index (χ1v) is 7.34. The minimum Gasteiger partial charge on any atom is -0.354 e. The van der Waals surface area contributed by atoms with Crippen LogP contribution in [0.15, 0.2) is 0 Å². The summed E-state index contributed by atoms with van der Waals surface area (Å²) in [6, 6.07) is 0. The van der Waals surface area contributed by atoms with Gasteiger partial charge in [-0.25, -0.2) is 0 Å². The highest BCUT2D eigenvalue weighted by Crippen LogP contribution is 2.17. The highest BCUT2D eigenvalue weighted by atomic mass is 16.2. The number of nitrogens with one attached hydrogen (secondary N) is 3. The van der Waals surface area contributed by atoms with Gasteiger partial charge in [0.25, 0.3) is 0 Å². The first-order chi connectivity index (χ1) is 9.09. The van der Waals surface area contributed by atoms with Crippen LogP contribution in [0.25, 0.3) is 0 Å². The van der Waals surface area contributed by atoms with Crippen molar-refractivity contribution in [3.8, 4) is 0 Å². The Labute approximate surface area is 115 Å². The molecule has 0 atom stereocenters. The van der Waals surface area contributed by atoms with Crippen LogP contribution in [0.3, 0.4) is 0 Å². The van der Waals surface area contributed by atoms with Crippen LogP contribution in [0.2, 0.25) is 0 Å². The van der Waals surface area contributed by atoms with Crippen LogP contribution >= 0.6 is 0 Å². The van der Waals surface area contributed by atoms with Gasteiger partial charge in [0.15, 0.2) is 0 Å². The zero-order valence-electron chi connectivity index (χ0n) is 12.1. The van der Waals surface area contributed by atoms with E-state index in [1.54, 1.807) is 0 Å². The first-order valence-electron chi connectivity index (χ1n) is 7.34. The second kappa shape index (κ2) is 8.91. The standard InChI is InChI=1S/C14H27N3O2/c1-11(2)14(19)17-10-9-16-13(18)4-3-12-5-7-15-8-6-12/h11-12,15H,3-10H2,1-2H3,(H,16,18)(H,17,19). The van der Waals surface area contributed by atoms with Crippen molar-refractivity contribution in [1.29, 1.82) is 0 Å². The Hall–Kier alpha value is -1.10. The van der Waals surface area contributed by atoms with E-state index >= 15 is 0 Å². The van der Waals surface area contributed by atoms with Crippen LogP contribution in [0, 0.1) is 11.8 Å². The quantitative estimate of drug-likeness (QED) is 0.595. The van der Waals surface area contributed by atoms with E-state index < -0.39 is 0 Å². The second-order valence-electron chi connectivity index (χ2n) is 5.53. The zero-order valence-corrected chi connectivity index (χ0v) is 12.1. The number of hydrogen-bond donors (Lipinski definition) is 3. The van der Waals surface area contributed by atoms with Gasteiger partial charge in [0, 0.05) is 25.4 Å². The van der Waals surface area contributed by atoms with E-state index in [1.807, 2.05) is 13.8 Å². The summed E-state index contributed by atoms with van der Waals surface area (Å²) in [5.74, 6) is 0.810. The minimum atomic E-state index is -0.00406. The maximum Gasteiger partial charge on any atom is 0.222 e. The van der Waals surface area contributed by atoms with Gasteiger partial charge in [-0.3, -0.25) is 9.59 Å². The van der Waals surface area contributed by atoms with Crippen molar-refractivity contribution in [3.63, 3.8) is 0 Å². The van der Waals surface area contributed by atoms with E-state index in [9.17, 15) is 9.59 Å². The Balaban J connectivity index is 2.00. The number of carbonyl (C=O) groups is 2. The van der Waals surface area contributed by atoms with Crippen molar-refractivity contribution in [1.82, 2.24) is 16.0 Å². The van der Waals surface area contributed by atoms with Crippen molar-refractivity contribution < 1.29 is 9.59 Å². The molecule has 19 heavy (non-hydrogen) atoms. The average Bonchev–Trinajstić information content (AvgIpc) is 2.42. The molecule has 5 heteroatoms. The van der Waals surface area contributed by atoms with Crippen LogP contribution in [-0.4, -0.2) is 38.0 Å². The number of amides is 2. The first kappa shape index (κ1) is 16.0. The summed E-state index contributed by atoms with van der Waals surface area (Å²) in [7, 11) is 0. The predicted molar refractivity (Wildman–Crippen MR) is 75.7 cm³/mol. The van der Waals surface area contributed by atoms with Gasteiger partial charge >= 0.3 is 0 Å². The zero-order chi connectivity index (χ0) is 14.1. The summed E-state index contributed by atoms with van der Waals surface area (Å²) in [5.41, 5.74) is 0. The van der Waals surface area contributed by atoms with Crippen LogP contribution in [0.1, 0.15) is 39.5 Å². The Morgan fingerprint density at radius 3 is 2.42 bits per heavy atom. The fourth-order valence-electron chi connectivity index (χ4n) is 2.19. The van der Waals surface area contributed by atoms with Crippen LogP contribution in [-0.2, 0) is 9.59 Å². The molecule has 0 bridgehead atoms. The Bertz CT molecular complexity index is 286. The largest absolute Gasteiger partial charge is 0.354 e. The predicted octanol–water partition coefficient (Wildman–Crippen LogP) is 0.655. The third-order valence-corrected chi connectivity index (χ3v) is 3.51. The van der Waals surface area contributed by atoms with Gasteiger partial charge in [0.2, 0.25) is 11.8 Å². The summed E-state index contributed by atoms with van der Waals surface area (Å²) in [5, 5.41) is 8.95. The number of piperidine rings is 1. The minimum absolute atomic E-state index is 0.00406. The van der Waals surface area contributed by atoms with Crippen LogP contribution < -0.4 is 16.0 Å². The van der Waals surface area contributed by atoms with Gasteiger partial charge in [-0.15, -0.1) is 0 Å². The molecule has 0 aromatic rings. The molecule has 110 valence electrons. The molecule has 3 N–H and O–H groups in total.